The molecule has 0 heterocycles. The van der Waals surface area contributed by atoms with Crippen molar-refractivity contribution < 1.29 is 18.3 Å². The molecule has 0 spiro atoms. The third kappa shape index (κ3) is 4.38. The summed E-state index contributed by atoms with van der Waals surface area (Å²) in [6.45, 7) is 2.27. The standard InChI is InChI=1S/C12H16F2N2O2/c1-8(18-2)6-15-7-11(17)16-12-9(13)4-3-5-10(12)14/h3-5,8,15H,6-7H2,1-2H3,(H,16,17). The van der Waals surface area contributed by atoms with Crippen LogP contribution in [0.25, 0.3) is 0 Å². The van der Waals surface area contributed by atoms with E-state index in [0.29, 0.717) is 6.54 Å². The van der Waals surface area contributed by atoms with Crippen LogP contribution in [0.4, 0.5) is 14.5 Å². The van der Waals surface area contributed by atoms with Gasteiger partial charge in [0, 0.05) is 13.7 Å². The van der Waals surface area contributed by atoms with Crippen LogP contribution in [0, 0.1) is 11.6 Å². The number of anilines is 1. The molecule has 0 aliphatic carbocycles. The lowest BCUT2D eigenvalue weighted by atomic mass is 10.3. The van der Waals surface area contributed by atoms with Gasteiger partial charge in [-0.1, -0.05) is 6.07 Å². The maximum atomic E-state index is 13.2. The highest BCUT2D eigenvalue weighted by molar-refractivity contribution is 5.92. The lowest BCUT2D eigenvalue weighted by molar-refractivity contribution is -0.115. The van der Waals surface area contributed by atoms with Crippen LogP contribution in [-0.4, -0.2) is 32.2 Å². The van der Waals surface area contributed by atoms with E-state index in [0.717, 1.165) is 12.1 Å². The quantitative estimate of drug-likeness (QED) is 0.813. The monoisotopic (exact) mass is 258 g/mol. The number of ether oxygens (including phenoxy) is 1. The Hall–Kier alpha value is -1.53. The Morgan fingerprint density at radius 2 is 2.00 bits per heavy atom. The smallest absolute Gasteiger partial charge is 0.238 e. The minimum atomic E-state index is -0.798. The predicted octanol–water partition coefficient (Wildman–Crippen LogP) is 1.53. The summed E-state index contributed by atoms with van der Waals surface area (Å²) in [5.41, 5.74) is -0.427. The van der Waals surface area contributed by atoms with Crippen LogP contribution in [0.2, 0.25) is 0 Å². The molecule has 0 saturated heterocycles. The molecule has 1 atom stereocenters. The Bertz CT molecular complexity index is 393. The van der Waals surface area contributed by atoms with E-state index in [1.165, 1.54) is 6.07 Å². The summed E-state index contributed by atoms with van der Waals surface area (Å²) < 4.78 is 31.4. The number of benzene rings is 1. The van der Waals surface area contributed by atoms with Gasteiger partial charge in [-0.05, 0) is 19.1 Å². The summed E-state index contributed by atoms with van der Waals surface area (Å²) in [4.78, 5) is 11.4. The van der Waals surface area contributed by atoms with Crippen LogP contribution in [0.5, 0.6) is 0 Å². The van der Waals surface area contributed by atoms with E-state index < -0.39 is 23.2 Å². The molecule has 0 bridgehead atoms. The topological polar surface area (TPSA) is 50.4 Å². The molecule has 0 aromatic heterocycles. The summed E-state index contributed by atoms with van der Waals surface area (Å²) in [7, 11) is 1.56. The molecular formula is C12H16F2N2O2. The number of halogens is 2. The van der Waals surface area contributed by atoms with E-state index in [4.69, 9.17) is 4.74 Å². The number of hydrogen-bond acceptors (Lipinski definition) is 3. The molecule has 18 heavy (non-hydrogen) atoms. The van der Waals surface area contributed by atoms with Crippen LogP contribution in [0.15, 0.2) is 18.2 Å². The van der Waals surface area contributed by atoms with Crippen molar-refractivity contribution in [3.05, 3.63) is 29.8 Å². The lowest BCUT2D eigenvalue weighted by Crippen LogP contribution is -2.33. The first-order chi connectivity index (χ1) is 8.54. The largest absolute Gasteiger partial charge is 0.380 e. The summed E-state index contributed by atoms with van der Waals surface area (Å²) in [6, 6.07) is 3.40. The lowest BCUT2D eigenvalue weighted by Gasteiger charge is -2.11. The van der Waals surface area contributed by atoms with Crippen molar-refractivity contribution in [1.82, 2.24) is 5.32 Å². The highest BCUT2D eigenvalue weighted by atomic mass is 19.1. The Kier molecular flexibility index (Phi) is 5.67. The van der Waals surface area contributed by atoms with Crippen LogP contribution >= 0.6 is 0 Å². The molecule has 0 saturated carbocycles. The Balaban J connectivity index is 2.45. The average Bonchev–Trinajstić information content (AvgIpc) is 2.34. The minimum absolute atomic E-state index is 0.0389. The fourth-order valence-corrected chi connectivity index (χ4v) is 1.27. The van der Waals surface area contributed by atoms with E-state index in [1.54, 1.807) is 7.11 Å². The zero-order valence-corrected chi connectivity index (χ0v) is 10.3. The van der Waals surface area contributed by atoms with E-state index >= 15 is 0 Å². The Labute approximate surface area is 104 Å². The van der Waals surface area contributed by atoms with Crippen LogP contribution in [0.3, 0.4) is 0 Å². The van der Waals surface area contributed by atoms with E-state index in [-0.39, 0.29) is 12.6 Å². The van der Waals surface area contributed by atoms with Gasteiger partial charge in [0.2, 0.25) is 5.91 Å². The summed E-state index contributed by atoms with van der Waals surface area (Å²) in [5, 5.41) is 4.99. The number of amides is 1. The molecule has 1 unspecified atom stereocenters. The number of para-hydroxylation sites is 1. The van der Waals surface area contributed by atoms with Gasteiger partial charge in [0.05, 0.1) is 12.6 Å². The number of rotatable bonds is 6. The van der Waals surface area contributed by atoms with Crippen molar-refractivity contribution in [3.63, 3.8) is 0 Å². The zero-order chi connectivity index (χ0) is 13.5. The Morgan fingerprint density at radius 3 is 2.56 bits per heavy atom. The molecule has 1 aromatic carbocycles. The van der Waals surface area contributed by atoms with Crippen molar-refractivity contribution in [1.29, 1.82) is 0 Å². The van der Waals surface area contributed by atoms with Crippen LogP contribution in [0.1, 0.15) is 6.92 Å². The normalized spacial score (nSPS) is 12.2. The van der Waals surface area contributed by atoms with Gasteiger partial charge in [-0.15, -0.1) is 0 Å². The number of hydrogen-bond donors (Lipinski definition) is 2. The second-order valence-electron chi connectivity index (χ2n) is 3.82. The molecule has 0 fully saturated rings. The van der Waals surface area contributed by atoms with Gasteiger partial charge in [-0.3, -0.25) is 4.79 Å². The van der Waals surface area contributed by atoms with Crippen LogP contribution in [-0.2, 0) is 9.53 Å². The molecule has 100 valence electrons. The molecule has 0 aliphatic heterocycles. The number of carbonyl (C=O) groups is 1. The average molecular weight is 258 g/mol. The molecule has 0 aliphatic rings. The molecular weight excluding hydrogens is 242 g/mol. The fourth-order valence-electron chi connectivity index (χ4n) is 1.27. The molecule has 1 aromatic rings. The first kappa shape index (κ1) is 14.5. The molecule has 6 heteroatoms. The zero-order valence-electron chi connectivity index (χ0n) is 10.3. The van der Waals surface area contributed by atoms with Gasteiger partial charge in [-0.2, -0.15) is 0 Å². The maximum Gasteiger partial charge on any atom is 0.238 e. The second kappa shape index (κ2) is 7.03. The number of nitrogens with one attached hydrogen (secondary N) is 2. The van der Waals surface area contributed by atoms with Crippen LogP contribution < -0.4 is 10.6 Å². The van der Waals surface area contributed by atoms with Crippen molar-refractivity contribution >= 4 is 11.6 Å². The second-order valence-corrected chi connectivity index (χ2v) is 3.82. The highest BCUT2D eigenvalue weighted by Crippen LogP contribution is 2.17. The van der Waals surface area contributed by atoms with Gasteiger partial charge in [0.15, 0.2) is 0 Å². The van der Waals surface area contributed by atoms with Gasteiger partial charge < -0.3 is 15.4 Å². The predicted molar refractivity (Wildman–Crippen MR) is 64.3 cm³/mol. The number of carbonyl (C=O) groups excluding carboxylic acids is 1. The van der Waals surface area contributed by atoms with Gasteiger partial charge in [0.1, 0.15) is 17.3 Å². The van der Waals surface area contributed by atoms with E-state index in [2.05, 4.69) is 10.6 Å². The van der Waals surface area contributed by atoms with Gasteiger partial charge in [0.25, 0.3) is 0 Å². The first-order valence-corrected chi connectivity index (χ1v) is 5.52. The van der Waals surface area contributed by atoms with Crippen molar-refractivity contribution in [2.24, 2.45) is 0 Å². The third-order valence-corrected chi connectivity index (χ3v) is 2.35. The molecule has 1 rings (SSSR count). The third-order valence-electron chi connectivity index (χ3n) is 2.35. The van der Waals surface area contributed by atoms with Gasteiger partial charge >= 0.3 is 0 Å². The molecule has 2 N–H and O–H groups in total. The molecule has 4 nitrogen and oxygen atoms in total. The Morgan fingerprint density at radius 1 is 1.39 bits per heavy atom. The van der Waals surface area contributed by atoms with Gasteiger partial charge in [-0.25, -0.2) is 8.78 Å². The first-order valence-electron chi connectivity index (χ1n) is 5.52. The number of methoxy groups -OCH3 is 1. The summed E-state index contributed by atoms with van der Waals surface area (Å²) in [6.07, 6.45) is -0.0389. The van der Waals surface area contributed by atoms with E-state index in [1.807, 2.05) is 6.92 Å². The van der Waals surface area contributed by atoms with E-state index in [9.17, 15) is 13.6 Å². The highest BCUT2D eigenvalue weighted by Gasteiger charge is 2.11. The molecule has 1 amide bonds. The summed E-state index contributed by atoms with van der Waals surface area (Å²) in [5.74, 6) is -2.11. The SMILES string of the molecule is COC(C)CNCC(=O)Nc1c(F)cccc1F. The van der Waals surface area contributed by atoms with Crippen molar-refractivity contribution in [3.8, 4) is 0 Å². The van der Waals surface area contributed by atoms with Crippen molar-refractivity contribution in [2.45, 2.75) is 13.0 Å². The summed E-state index contributed by atoms with van der Waals surface area (Å²) >= 11 is 0. The molecule has 0 radical (unpaired) electrons. The fraction of sp³-hybridized carbons (Fsp3) is 0.417. The minimum Gasteiger partial charge on any atom is -0.380 e. The van der Waals surface area contributed by atoms with Crippen molar-refractivity contribution in [2.75, 3.05) is 25.5 Å². The maximum absolute atomic E-state index is 13.2.